The summed E-state index contributed by atoms with van der Waals surface area (Å²) in [5, 5.41) is 1.64. The molecule has 0 atom stereocenters. The van der Waals surface area contributed by atoms with Crippen LogP contribution in [-0.2, 0) is 0 Å². The minimum absolute atomic E-state index is 0.591. The van der Waals surface area contributed by atoms with Crippen LogP contribution in [0, 0.1) is 5.92 Å². The molecule has 2 heterocycles. The molecule has 0 amide bonds. The number of halogens is 1. The Morgan fingerprint density at radius 3 is 2.88 bits per heavy atom. The van der Waals surface area contributed by atoms with Crippen molar-refractivity contribution < 1.29 is 0 Å². The summed E-state index contributed by atoms with van der Waals surface area (Å²) in [5.74, 6) is 2.00. The molecule has 1 saturated heterocycles. The molecule has 2 nitrogen and oxygen atoms in total. The Bertz CT molecular complexity index is 338. The van der Waals surface area contributed by atoms with E-state index in [2.05, 4.69) is 16.9 Å². The minimum atomic E-state index is 0.591. The lowest BCUT2D eigenvalue weighted by atomic mass is 10.00. The fourth-order valence-electron chi connectivity index (χ4n) is 1.90. The van der Waals surface area contributed by atoms with Gasteiger partial charge in [0.15, 0.2) is 0 Å². The molecule has 0 N–H and O–H groups in total. The van der Waals surface area contributed by atoms with E-state index in [0.717, 1.165) is 10.9 Å². The predicted octanol–water partition coefficient (Wildman–Crippen LogP) is 3.17. The monoisotopic (exact) mass is 256 g/mol. The lowest BCUT2D eigenvalue weighted by Crippen LogP contribution is -2.31. The first-order valence-electron chi connectivity index (χ1n) is 5.68. The Labute approximate surface area is 106 Å². The van der Waals surface area contributed by atoms with Crippen molar-refractivity contribution in [2.75, 3.05) is 25.9 Å². The lowest BCUT2D eigenvalue weighted by molar-refractivity contribution is 0.232. The maximum atomic E-state index is 5.85. The van der Waals surface area contributed by atoms with Gasteiger partial charge in [0.05, 0.1) is 5.03 Å². The van der Waals surface area contributed by atoms with E-state index in [1.165, 1.54) is 31.7 Å². The summed E-state index contributed by atoms with van der Waals surface area (Å²) in [5.41, 5.74) is 0. The van der Waals surface area contributed by atoms with Crippen molar-refractivity contribution in [1.29, 1.82) is 0 Å². The van der Waals surface area contributed by atoms with E-state index in [9.17, 15) is 0 Å². The summed E-state index contributed by atoms with van der Waals surface area (Å²) in [6.07, 6.45) is 2.62. The first kappa shape index (κ1) is 12.2. The van der Waals surface area contributed by atoms with Gasteiger partial charge in [0.2, 0.25) is 0 Å². The molecule has 2 rings (SSSR count). The molecule has 16 heavy (non-hydrogen) atoms. The fourth-order valence-corrected chi connectivity index (χ4v) is 3.19. The average molecular weight is 257 g/mol. The summed E-state index contributed by atoms with van der Waals surface area (Å²) in [6.45, 7) is 2.46. The van der Waals surface area contributed by atoms with E-state index in [1.54, 1.807) is 0 Å². The summed E-state index contributed by atoms with van der Waals surface area (Å²) in [7, 11) is 2.20. The van der Waals surface area contributed by atoms with Crippen LogP contribution in [-0.4, -0.2) is 35.8 Å². The van der Waals surface area contributed by atoms with Crippen molar-refractivity contribution in [2.45, 2.75) is 17.9 Å². The van der Waals surface area contributed by atoms with Gasteiger partial charge < -0.3 is 4.90 Å². The van der Waals surface area contributed by atoms with E-state index < -0.39 is 0 Å². The van der Waals surface area contributed by atoms with Gasteiger partial charge >= 0.3 is 0 Å². The molecular weight excluding hydrogens is 240 g/mol. The highest BCUT2D eigenvalue weighted by atomic mass is 35.5. The van der Waals surface area contributed by atoms with Gasteiger partial charge in [0, 0.05) is 5.75 Å². The molecule has 1 aliphatic heterocycles. The highest BCUT2D eigenvalue weighted by Crippen LogP contribution is 2.25. The second-order valence-corrected chi connectivity index (χ2v) is 5.78. The highest BCUT2D eigenvalue weighted by molar-refractivity contribution is 7.99. The molecule has 1 aromatic rings. The molecule has 0 saturated carbocycles. The molecule has 0 radical (unpaired) electrons. The van der Waals surface area contributed by atoms with Crippen LogP contribution in [0.15, 0.2) is 23.2 Å². The third-order valence-electron chi connectivity index (χ3n) is 2.99. The summed E-state index contributed by atoms with van der Waals surface area (Å²) < 4.78 is 0. The van der Waals surface area contributed by atoms with E-state index in [4.69, 9.17) is 11.6 Å². The number of pyridine rings is 1. The fraction of sp³-hybridized carbons (Fsp3) is 0.583. The normalized spacial score (nSPS) is 18.9. The highest BCUT2D eigenvalue weighted by Gasteiger charge is 2.16. The maximum Gasteiger partial charge on any atom is 0.130 e. The van der Waals surface area contributed by atoms with Gasteiger partial charge in [-0.15, -0.1) is 11.8 Å². The number of aromatic nitrogens is 1. The lowest BCUT2D eigenvalue weighted by Gasteiger charge is -2.28. The molecule has 0 unspecified atom stereocenters. The van der Waals surface area contributed by atoms with Crippen LogP contribution in [0.4, 0.5) is 0 Å². The van der Waals surface area contributed by atoms with Gasteiger partial charge in [-0.25, -0.2) is 4.98 Å². The topological polar surface area (TPSA) is 16.1 Å². The zero-order valence-electron chi connectivity index (χ0n) is 9.53. The Morgan fingerprint density at radius 2 is 2.19 bits per heavy atom. The van der Waals surface area contributed by atoms with Crippen molar-refractivity contribution >= 4 is 23.4 Å². The zero-order valence-corrected chi connectivity index (χ0v) is 11.1. The van der Waals surface area contributed by atoms with Gasteiger partial charge in [0.25, 0.3) is 0 Å². The molecule has 0 spiro atoms. The smallest absolute Gasteiger partial charge is 0.130 e. The van der Waals surface area contributed by atoms with Crippen molar-refractivity contribution in [3.63, 3.8) is 0 Å². The van der Waals surface area contributed by atoms with E-state index in [0.29, 0.717) is 5.15 Å². The molecule has 1 aromatic heterocycles. The largest absolute Gasteiger partial charge is 0.306 e. The Kier molecular flexibility index (Phi) is 4.50. The molecule has 1 aliphatic rings. The average Bonchev–Trinajstić information content (AvgIpc) is 2.28. The van der Waals surface area contributed by atoms with Gasteiger partial charge in [-0.3, -0.25) is 0 Å². The van der Waals surface area contributed by atoms with Crippen LogP contribution in [0.3, 0.4) is 0 Å². The Hall–Kier alpha value is -0.250. The van der Waals surface area contributed by atoms with Gasteiger partial charge in [0.1, 0.15) is 5.15 Å². The van der Waals surface area contributed by atoms with E-state index >= 15 is 0 Å². The number of rotatable bonds is 3. The van der Waals surface area contributed by atoms with E-state index in [-0.39, 0.29) is 0 Å². The van der Waals surface area contributed by atoms with Crippen LogP contribution in [0.1, 0.15) is 12.8 Å². The summed E-state index contributed by atoms with van der Waals surface area (Å²) >= 11 is 7.68. The standard InChI is InChI=1S/C12H17ClN2S/c1-15-7-5-10(6-8-15)9-16-12-4-2-3-11(13)14-12/h2-4,10H,5-9H2,1H3. The van der Waals surface area contributed by atoms with Crippen LogP contribution in [0.2, 0.25) is 5.15 Å². The van der Waals surface area contributed by atoms with Crippen LogP contribution in [0.25, 0.3) is 0 Å². The van der Waals surface area contributed by atoms with Crippen molar-refractivity contribution in [1.82, 2.24) is 9.88 Å². The molecule has 88 valence electrons. The minimum Gasteiger partial charge on any atom is -0.306 e. The molecule has 0 bridgehead atoms. The number of hydrogen-bond acceptors (Lipinski definition) is 3. The quantitative estimate of drug-likeness (QED) is 0.611. The molecule has 0 aromatic carbocycles. The zero-order chi connectivity index (χ0) is 11.4. The van der Waals surface area contributed by atoms with Crippen molar-refractivity contribution in [3.05, 3.63) is 23.4 Å². The number of nitrogens with zero attached hydrogens (tertiary/aromatic N) is 2. The van der Waals surface area contributed by atoms with Gasteiger partial charge in [-0.05, 0) is 51.0 Å². The Balaban J connectivity index is 1.79. The number of likely N-dealkylation sites (tertiary alicyclic amines) is 1. The summed E-state index contributed by atoms with van der Waals surface area (Å²) in [6, 6.07) is 5.82. The third kappa shape index (κ3) is 3.65. The Morgan fingerprint density at radius 1 is 1.44 bits per heavy atom. The second-order valence-electron chi connectivity index (χ2n) is 4.36. The predicted molar refractivity (Wildman–Crippen MR) is 70.2 cm³/mol. The number of piperidine rings is 1. The second kappa shape index (κ2) is 5.89. The SMILES string of the molecule is CN1CCC(CSc2cccc(Cl)n2)CC1. The number of thioether (sulfide) groups is 1. The van der Waals surface area contributed by atoms with Crippen LogP contribution >= 0.6 is 23.4 Å². The third-order valence-corrected chi connectivity index (χ3v) is 4.37. The number of hydrogen-bond donors (Lipinski definition) is 0. The molecule has 1 fully saturated rings. The van der Waals surface area contributed by atoms with E-state index in [1.807, 2.05) is 30.0 Å². The van der Waals surface area contributed by atoms with Crippen LogP contribution < -0.4 is 0 Å². The first-order chi connectivity index (χ1) is 7.74. The van der Waals surface area contributed by atoms with Crippen LogP contribution in [0.5, 0.6) is 0 Å². The molecular formula is C12H17ClN2S. The molecule has 0 aliphatic carbocycles. The summed E-state index contributed by atoms with van der Waals surface area (Å²) in [4.78, 5) is 6.69. The maximum absolute atomic E-state index is 5.85. The van der Waals surface area contributed by atoms with Gasteiger partial charge in [-0.2, -0.15) is 0 Å². The van der Waals surface area contributed by atoms with Crippen molar-refractivity contribution in [3.8, 4) is 0 Å². The molecule has 4 heteroatoms. The first-order valence-corrected chi connectivity index (χ1v) is 7.04. The van der Waals surface area contributed by atoms with Gasteiger partial charge in [-0.1, -0.05) is 17.7 Å². The van der Waals surface area contributed by atoms with Crippen molar-refractivity contribution in [2.24, 2.45) is 5.92 Å².